The molecule has 15 heteroatoms. The molecule has 4 bridgehead atoms. The molecule has 1 unspecified atom stereocenters. The van der Waals surface area contributed by atoms with Gasteiger partial charge in [-0.2, -0.15) is 0 Å². The van der Waals surface area contributed by atoms with Crippen LogP contribution in [0.25, 0.3) is 0 Å². The molecule has 3 heterocycles. The summed E-state index contributed by atoms with van der Waals surface area (Å²) in [4.78, 5) is 66.4. The van der Waals surface area contributed by atoms with Gasteiger partial charge in [-0.25, -0.2) is 4.79 Å². The smallest absolute Gasteiger partial charge is 0.410 e. The molecule has 3 aliphatic heterocycles. The Hall–Kier alpha value is -4.76. The molecule has 56 heavy (non-hydrogen) atoms. The number of Topliss-reactive ketones (excluding diaryl/α,β-unsaturated/α-hetero) is 1. The number of ether oxygens (including phenoxy) is 5. The van der Waals surface area contributed by atoms with Gasteiger partial charge in [0, 0.05) is 43.7 Å². The topological polar surface area (TPSA) is 182 Å². The number of anilines is 1. The summed E-state index contributed by atoms with van der Waals surface area (Å²) >= 11 is 6.76. The SMILES string of the molecule is COc1cc2cc(c1Cl)N(C)C(=O)C[C@H](OC(=O)CCNC(=O)c1ccc(C(C)=O)cc1)[C@]1(C)O[C@H]1C1(C)C[C@]13C[C@@](O)(NC(=O)O3)[C@H](OC)/C=C/C=C(\C)C2. The third-order valence-corrected chi connectivity index (χ3v) is 11.9. The van der Waals surface area contributed by atoms with Gasteiger partial charge in [0.25, 0.3) is 5.91 Å². The van der Waals surface area contributed by atoms with E-state index >= 15 is 0 Å². The minimum absolute atomic E-state index is 0.0306. The molecule has 1 saturated carbocycles. The van der Waals surface area contributed by atoms with Gasteiger partial charge >= 0.3 is 12.1 Å². The third-order valence-electron chi connectivity index (χ3n) is 11.5. The number of allylic oxidation sites excluding steroid dienone is 3. The molecule has 3 fully saturated rings. The molecular formula is C41H48ClN3O11. The highest BCUT2D eigenvalue weighted by Gasteiger charge is 2.83. The normalized spacial score (nSPS) is 32.6. The van der Waals surface area contributed by atoms with E-state index in [0.29, 0.717) is 35.4 Å². The summed E-state index contributed by atoms with van der Waals surface area (Å²) in [5, 5.41) is 17.4. The van der Waals surface area contributed by atoms with Crippen LogP contribution < -0.4 is 20.3 Å². The lowest BCUT2D eigenvalue weighted by atomic mass is 9.83. The minimum Gasteiger partial charge on any atom is -0.495 e. The molecule has 0 aromatic heterocycles. The van der Waals surface area contributed by atoms with E-state index in [-0.39, 0.29) is 36.6 Å². The van der Waals surface area contributed by atoms with Crippen molar-refractivity contribution in [2.24, 2.45) is 5.41 Å². The number of hydrogen-bond donors (Lipinski definition) is 3. The number of nitrogens with one attached hydrogen (secondary N) is 2. The van der Waals surface area contributed by atoms with Gasteiger partial charge in [0.15, 0.2) is 11.5 Å². The first kappa shape index (κ1) is 40.9. The number of carbonyl (C=O) groups is 5. The standard InChI is InChI=1S/C41H48ClN3O11/c1-23-9-8-10-30(53-7)41(51)22-40(56-37(50)44-41)21-38(40,3)36-39(4,55-36)31(20-32(47)45(5)28-18-25(17-23)19-29(52-6)34(28)42)54-33(48)15-16-43-35(49)27-13-11-26(12-14-27)24(2)46/h8-14,18-19,30-31,36,51H,15-17,20-22H2,1-7H3,(H,43,49)(H,44,50)/b10-8+,23-9+/t30-,31+,36+,38?,39+,40+,41+/m1/s1. The fraction of sp³-hybridized carbons (Fsp3) is 0.488. The lowest BCUT2D eigenvalue weighted by Gasteiger charge is -2.42. The molecule has 0 radical (unpaired) electrons. The number of halogens is 1. The molecular weight excluding hydrogens is 746 g/mol. The number of carbonyl (C=O) groups excluding carboxylic acids is 5. The number of nitrogens with zero attached hydrogens (tertiary/aromatic N) is 1. The molecule has 1 spiro atoms. The second-order valence-electron chi connectivity index (χ2n) is 15.5. The number of rotatable bonds is 8. The summed E-state index contributed by atoms with van der Waals surface area (Å²) in [5.41, 5.74) is -2.16. The van der Waals surface area contributed by atoms with E-state index in [4.69, 9.17) is 35.3 Å². The Labute approximate surface area is 330 Å². The average Bonchev–Trinajstić information content (AvgIpc) is 4.00. The summed E-state index contributed by atoms with van der Waals surface area (Å²) in [6, 6.07) is 9.72. The minimum atomic E-state index is -1.84. The zero-order valence-corrected chi connectivity index (χ0v) is 33.3. The Morgan fingerprint density at radius 2 is 1.79 bits per heavy atom. The Morgan fingerprint density at radius 3 is 2.45 bits per heavy atom. The molecule has 4 aliphatic rings. The van der Waals surface area contributed by atoms with Crippen molar-refractivity contribution >= 4 is 46.9 Å². The van der Waals surface area contributed by atoms with Crippen molar-refractivity contribution in [1.29, 1.82) is 0 Å². The largest absolute Gasteiger partial charge is 0.495 e. The van der Waals surface area contributed by atoms with Crippen LogP contribution in [0.5, 0.6) is 5.75 Å². The van der Waals surface area contributed by atoms with Crippen LogP contribution in [-0.2, 0) is 35.0 Å². The first-order chi connectivity index (χ1) is 26.4. The van der Waals surface area contributed by atoms with Crippen LogP contribution in [0.2, 0.25) is 5.02 Å². The van der Waals surface area contributed by atoms with Crippen molar-refractivity contribution in [1.82, 2.24) is 10.6 Å². The maximum absolute atomic E-state index is 14.2. The first-order valence-electron chi connectivity index (χ1n) is 18.4. The number of methoxy groups -OCH3 is 2. The molecule has 3 amide bonds. The van der Waals surface area contributed by atoms with Crippen molar-refractivity contribution in [3.05, 3.63) is 81.9 Å². The molecule has 14 nitrogen and oxygen atoms in total. The van der Waals surface area contributed by atoms with Crippen LogP contribution in [0.1, 0.15) is 79.7 Å². The third kappa shape index (κ3) is 7.80. The zero-order chi connectivity index (χ0) is 40.8. The van der Waals surface area contributed by atoms with Gasteiger partial charge in [-0.1, -0.05) is 54.5 Å². The van der Waals surface area contributed by atoms with Crippen LogP contribution in [0.15, 0.2) is 60.2 Å². The fourth-order valence-corrected chi connectivity index (χ4v) is 8.42. The Kier molecular flexibility index (Phi) is 11.2. The first-order valence-corrected chi connectivity index (χ1v) is 18.8. The number of esters is 1. The molecule has 300 valence electrons. The summed E-state index contributed by atoms with van der Waals surface area (Å²) in [6.07, 6.45) is 1.94. The highest BCUT2D eigenvalue weighted by molar-refractivity contribution is 6.35. The van der Waals surface area contributed by atoms with Gasteiger partial charge in [0.2, 0.25) is 5.91 Å². The summed E-state index contributed by atoms with van der Waals surface area (Å²) in [5.74, 6) is -1.33. The lowest BCUT2D eigenvalue weighted by molar-refractivity contribution is -0.153. The molecule has 6 rings (SSSR count). The van der Waals surface area contributed by atoms with Crippen LogP contribution in [-0.4, -0.2) is 97.8 Å². The number of epoxide rings is 1. The Morgan fingerprint density at radius 1 is 1.09 bits per heavy atom. The molecule has 2 saturated heterocycles. The number of ketones is 1. The van der Waals surface area contributed by atoms with Crippen molar-refractivity contribution in [2.45, 2.75) is 95.0 Å². The van der Waals surface area contributed by atoms with Gasteiger partial charge in [-0.15, -0.1) is 0 Å². The van der Waals surface area contributed by atoms with Gasteiger partial charge in [-0.05, 0) is 63.4 Å². The number of fused-ring (bicyclic) bond motifs is 5. The zero-order valence-electron chi connectivity index (χ0n) is 32.5. The molecule has 2 aromatic rings. The fourth-order valence-electron chi connectivity index (χ4n) is 8.10. The van der Waals surface area contributed by atoms with E-state index in [1.165, 1.54) is 38.2 Å². The monoisotopic (exact) mass is 793 g/mol. The van der Waals surface area contributed by atoms with E-state index < -0.39 is 64.5 Å². The number of amides is 3. The molecule has 7 atom stereocenters. The molecule has 2 aromatic carbocycles. The number of hydrogen-bond acceptors (Lipinski definition) is 11. The lowest BCUT2D eigenvalue weighted by Crippen LogP contribution is -2.64. The van der Waals surface area contributed by atoms with Crippen molar-refractivity contribution in [2.75, 3.05) is 32.7 Å². The van der Waals surface area contributed by atoms with E-state index in [9.17, 15) is 29.1 Å². The average molecular weight is 794 g/mol. The van der Waals surface area contributed by atoms with Crippen LogP contribution >= 0.6 is 11.6 Å². The highest BCUT2D eigenvalue weighted by atomic mass is 35.5. The van der Waals surface area contributed by atoms with Crippen molar-refractivity contribution in [3.63, 3.8) is 0 Å². The van der Waals surface area contributed by atoms with Crippen LogP contribution in [0, 0.1) is 5.41 Å². The highest BCUT2D eigenvalue weighted by Crippen LogP contribution is 2.72. The van der Waals surface area contributed by atoms with Gasteiger partial charge in [0.1, 0.15) is 40.3 Å². The van der Waals surface area contributed by atoms with E-state index in [1.807, 2.05) is 19.9 Å². The van der Waals surface area contributed by atoms with Crippen molar-refractivity contribution in [3.8, 4) is 5.75 Å². The maximum Gasteiger partial charge on any atom is 0.410 e. The van der Waals surface area contributed by atoms with Crippen LogP contribution in [0.3, 0.4) is 0 Å². The van der Waals surface area contributed by atoms with Gasteiger partial charge in [0.05, 0.1) is 25.6 Å². The van der Waals surface area contributed by atoms with Crippen LogP contribution in [0.4, 0.5) is 10.5 Å². The number of aliphatic hydroxyl groups is 1. The molecule has 1 aliphatic carbocycles. The number of benzene rings is 2. The summed E-state index contributed by atoms with van der Waals surface area (Å²) in [7, 11) is 4.49. The predicted octanol–water partition coefficient (Wildman–Crippen LogP) is 4.83. The Balaban J connectivity index is 1.29. The Bertz CT molecular complexity index is 2000. The van der Waals surface area contributed by atoms with E-state index in [0.717, 1.165) is 11.1 Å². The molecule has 3 N–H and O–H groups in total. The van der Waals surface area contributed by atoms with Gasteiger partial charge < -0.3 is 39.0 Å². The van der Waals surface area contributed by atoms with E-state index in [1.54, 1.807) is 50.4 Å². The maximum atomic E-state index is 14.2. The number of alkyl carbamates (subject to hydrolysis) is 1. The van der Waals surface area contributed by atoms with E-state index in [2.05, 4.69) is 10.6 Å². The second kappa shape index (κ2) is 15.3. The van der Waals surface area contributed by atoms with Crippen molar-refractivity contribution < 1.29 is 52.8 Å². The second-order valence-corrected chi connectivity index (χ2v) is 15.9. The van der Waals surface area contributed by atoms with Gasteiger partial charge in [-0.3, -0.25) is 24.5 Å². The predicted molar refractivity (Wildman–Crippen MR) is 205 cm³/mol. The summed E-state index contributed by atoms with van der Waals surface area (Å²) < 4.78 is 29.5. The quantitative estimate of drug-likeness (QED) is 0.189. The summed E-state index contributed by atoms with van der Waals surface area (Å²) in [6.45, 7) is 6.89.